The van der Waals surface area contributed by atoms with E-state index in [0.717, 1.165) is 12.1 Å². The molecule has 0 bridgehead atoms. The first kappa shape index (κ1) is 17.8. The van der Waals surface area contributed by atoms with Crippen LogP contribution >= 0.6 is 0 Å². The van der Waals surface area contributed by atoms with Crippen molar-refractivity contribution in [1.82, 2.24) is 10.6 Å². The quantitative estimate of drug-likeness (QED) is 0.776. The Morgan fingerprint density at radius 2 is 1.91 bits per heavy atom. The maximum Gasteiger partial charge on any atom is 0.416 e. The third-order valence-corrected chi connectivity index (χ3v) is 2.97. The third kappa shape index (κ3) is 5.27. The topological polar surface area (TPSA) is 84.2 Å². The van der Waals surface area contributed by atoms with E-state index >= 15 is 0 Å². The van der Waals surface area contributed by atoms with Crippen LogP contribution in [0.3, 0.4) is 0 Å². The fourth-order valence-electron chi connectivity index (χ4n) is 1.84. The van der Waals surface area contributed by atoms with Crippen LogP contribution in [0.1, 0.15) is 25.0 Å². The molecule has 0 aliphatic heterocycles. The minimum Gasteiger partial charge on any atom is -0.352 e. The normalized spacial score (nSPS) is 12.8. The van der Waals surface area contributed by atoms with Crippen molar-refractivity contribution in [1.29, 1.82) is 0 Å². The number of halogens is 3. The van der Waals surface area contributed by atoms with Gasteiger partial charge in [-0.25, -0.2) is 4.79 Å². The molecule has 0 heterocycles. The zero-order chi connectivity index (χ0) is 16.9. The average molecular weight is 317 g/mol. The second-order valence-electron chi connectivity index (χ2n) is 5.15. The zero-order valence-corrected chi connectivity index (χ0v) is 12.2. The summed E-state index contributed by atoms with van der Waals surface area (Å²) < 4.78 is 37.8. The third-order valence-electron chi connectivity index (χ3n) is 2.97. The van der Waals surface area contributed by atoms with Crippen molar-refractivity contribution in [2.45, 2.75) is 32.6 Å². The van der Waals surface area contributed by atoms with Crippen molar-refractivity contribution in [3.05, 3.63) is 35.4 Å². The monoisotopic (exact) mass is 317 g/mol. The number of hydrogen-bond donors (Lipinski definition) is 3. The van der Waals surface area contributed by atoms with E-state index in [1.165, 1.54) is 12.1 Å². The van der Waals surface area contributed by atoms with Crippen molar-refractivity contribution in [2.75, 3.05) is 0 Å². The van der Waals surface area contributed by atoms with Gasteiger partial charge in [0.2, 0.25) is 5.91 Å². The largest absolute Gasteiger partial charge is 0.416 e. The maximum absolute atomic E-state index is 12.6. The molecule has 8 heteroatoms. The van der Waals surface area contributed by atoms with Gasteiger partial charge in [-0.15, -0.1) is 0 Å². The number of hydrogen-bond acceptors (Lipinski definition) is 2. The molecule has 0 aliphatic rings. The van der Waals surface area contributed by atoms with Crippen molar-refractivity contribution in [2.24, 2.45) is 11.7 Å². The fraction of sp³-hybridized carbons (Fsp3) is 0.429. The molecule has 0 saturated heterocycles. The van der Waals surface area contributed by atoms with E-state index in [0.29, 0.717) is 5.56 Å². The summed E-state index contributed by atoms with van der Waals surface area (Å²) >= 11 is 0. The SMILES string of the molecule is CC(C)[C@@H](NC(N)=O)C(=O)NCc1cccc(C(F)(F)F)c1. The number of nitrogens with one attached hydrogen (secondary N) is 2. The molecule has 1 aromatic carbocycles. The second kappa shape index (κ2) is 7.15. The van der Waals surface area contributed by atoms with Gasteiger partial charge in [-0.2, -0.15) is 13.2 Å². The summed E-state index contributed by atoms with van der Waals surface area (Å²) in [5.74, 6) is -0.722. The first-order valence-electron chi connectivity index (χ1n) is 6.61. The van der Waals surface area contributed by atoms with Crippen LogP contribution in [0.25, 0.3) is 0 Å². The zero-order valence-electron chi connectivity index (χ0n) is 12.2. The summed E-state index contributed by atoms with van der Waals surface area (Å²) in [5, 5.41) is 4.79. The Bertz CT molecular complexity index is 544. The molecule has 0 spiro atoms. The molecular weight excluding hydrogens is 299 g/mol. The van der Waals surface area contributed by atoms with Gasteiger partial charge < -0.3 is 16.4 Å². The lowest BCUT2D eigenvalue weighted by molar-refractivity contribution is -0.137. The first-order valence-corrected chi connectivity index (χ1v) is 6.61. The molecule has 1 aromatic rings. The Morgan fingerprint density at radius 3 is 2.41 bits per heavy atom. The van der Waals surface area contributed by atoms with E-state index in [9.17, 15) is 22.8 Å². The van der Waals surface area contributed by atoms with Crippen LogP contribution in [-0.4, -0.2) is 18.0 Å². The number of nitrogens with two attached hydrogens (primary N) is 1. The molecule has 4 N–H and O–H groups in total. The summed E-state index contributed by atoms with van der Waals surface area (Å²) in [6.07, 6.45) is -4.44. The molecule has 22 heavy (non-hydrogen) atoms. The Balaban J connectivity index is 2.72. The Kier molecular flexibility index (Phi) is 5.78. The van der Waals surface area contributed by atoms with Crippen LogP contribution in [0.5, 0.6) is 0 Å². The highest BCUT2D eigenvalue weighted by Gasteiger charge is 2.30. The predicted molar refractivity (Wildman–Crippen MR) is 74.6 cm³/mol. The molecule has 0 radical (unpaired) electrons. The van der Waals surface area contributed by atoms with Crippen LogP contribution in [0.15, 0.2) is 24.3 Å². The molecule has 0 fully saturated rings. The molecule has 0 saturated carbocycles. The number of urea groups is 1. The van der Waals surface area contributed by atoms with E-state index in [1.54, 1.807) is 13.8 Å². The highest BCUT2D eigenvalue weighted by Crippen LogP contribution is 2.29. The van der Waals surface area contributed by atoms with Gasteiger partial charge in [-0.3, -0.25) is 4.79 Å². The van der Waals surface area contributed by atoms with Crippen molar-refractivity contribution >= 4 is 11.9 Å². The molecule has 0 unspecified atom stereocenters. The van der Waals surface area contributed by atoms with Crippen LogP contribution in [-0.2, 0) is 17.5 Å². The molecule has 1 atom stereocenters. The van der Waals surface area contributed by atoms with E-state index in [-0.39, 0.29) is 12.5 Å². The summed E-state index contributed by atoms with van der Waals surface area (Å²) in [6, 6.07) is 2.98. The standard InChI is InChI=1S/C14H18F3N3O2/c1-8(2)11(20-13(18)22)12(21)19-7-9-4-3-5-10(6-9)14(15,16)17/h3-6,8,11H,7H2,1-2H3,(H,19,21)(H3,18,20,22)/t11-/m1/s1. The van der Waals surface area contributed by atoms with E-state index in [4.69, 9.17) is 5.73 Å². The van der Waals surface area contributed by atoms with Crippen molar-refractivity contribution < 1.29 is 22.8 Å². The van der Waals surface area contributed by atoms with Gasteiger partial charge >= 0.3 is 12.2 Å². The molecule has 1 rings (SSSR count). The fourth-order valence-corrected chi connectivity index (χ4v) is 1.84. The van der Waals surface area contributed by atoms with E-state index < -0.39 is 29.7 Å². The molecule has 122 valence electrons. The molecule has 5 nitrogen and oxygen atoms in total. The van der Waals surface area contributed by atoms with Gasteiger partial charge in [0.15, 0.2) is 0 Å². The van der Waals surface area contributed by atoms with Crippen LogP contribution in [0, 0.1) is 5.92 Å². The van der Waals surface area contributed by atoms with E-state index in [1.807, 2.05) is 0 Å². The second-order valence-corrected chi connectivity index (χ2v) is 5.15. The Morgan fingerprint density at radius 1 is 1.27 bits per heavy atom. The Hall–Kier alpha value is -2.25. The summed E-state index contributed by atoms with van der Waals surface area (Å²) in [4.78, 5) is 22.8. The van der Waals surface area contributed by atoms with Gasteiger partial charge in [-0.05, 0) is 23.6 Å². The highest BCUT2D eigenvalue weighted by molar-refractivity contribution is 5.86. The van der Waals surface area contributed by atoms with Crippen molar-refractivity contribution in [3.63, 3.8) is 0 Å². The van der Waals surface area contributed by atoms with Gasteiger partial charge in [0, 0.05) is 6.54 Å². The highest BCUT2D eigenvalue weighted by atomic mass is 19.4. The van der Waals surface area contributed by atoms with Crippen LogP contribution in [0.2, 0.25) is 0 Å². The van der Waals surface area contributed by atoms with Gasteiger partial charge in [0.05, 0.1) is 5.56 Å². The predicted octanol–water partition coefficient (Wildman–Crippen LogP) is 2.01. The lowest BCUT2D eigenvalue weighted by atomic mass is 10.0. The number of alkyl halides is 3. The number of benzene rings is 1. The smallest absolute Gasteiger partial charge is 0.352 e. The molecule has 0 aromatic heterocycles. The molecule has 0 aliphatic carbocycles. The summed E-state index contributed by atoms with van der Waals surface area (Å²) in [7, 11) is 0. The minimum absolute atomic E-state index is 0.0770. The number of primary amides is 1. The van der Waals surface area contributed by atoms with Gasteiger partial charge in [0.1, 0.15) is 6.04 Å². The number of carbonyl (C=O) groups excluding carboxylic acids is 2. The van der Waals surface area contributed by atoms with Gasteiger partial charge in [0.25, 0.3) is 0 Å². The summed E-state index contributed by atoms with van der Waals surface area (Å²) in [5.41, 5.74) is 4.52. The minimum atomic E-state index is -4.44. The maximum atomic E-state index is 12.6. The molecular formula is C14H18F3N3O2. The first-order chi connectivity index (χ1) is 10.1. The van der Waals surface area contributed by atoms with Crippen LogP contribution in [0.4, 0.5) is 18.0 Å². The van der Waals surface area contributed by atoms with E-state index in [2.05, 4.69) is 10.6 Å². The summed E-state index contributed by atoms with van der Waals surface area (Å²) in [6.45, 7) is 3.35. The number of amides is 3. The van der Waals surface area contributed by atoms with Gasteiger partial charge in [-0.1, -0.05) is 26.0 Å². The van der Waals surface area contributed by atoms with Crippen molar-refractivity contribution in [3.8, 4) is 0 Å². The van der Waals surface area contributed by atoms with Crippen LogP contribution < -0.4 is 16.4 Å². The average Bonchev–Trinajstić information content (AvgIpc) is 2.41. The number of carbonyl (C=O) groups is 2. The Labute approximate surface area is 126 Å². The number of rotatable bonds is 5. The lowest BCUT2D eigenvalue weighted by Crippen LogP contribution is -2.51. The lowest BCUT2D eigenvalue weighted by Gasteiger charge is -2.20. The molecule has 3 amide bonds.